The maximum atomic E-state index is 6.40. The molecule has 0 bridgehead atoms. The topological polar surface area (TPSA) is 70.8 Å². The van der Waals surface area contributed by atoms with Crippen LogP contribution in [0, 0.1) is 5.92 Å². The van der Waals surface area contributed by atoms with E-state index in [4.69, 9.17) is 5.73 Å². The van der Waals surface area contributed by atoms with Gasteiger partial charge in [-0.2, -0.15) is 0 Å². The number of hydrogen-bond acceptors (Lipinski definition) is 4. The van der Waals surface area contributed by atoms with Gasteiger partial charge < -0.3 is 15.6 Å². The number of nitrogens with zero attached hydrogens (tertiary/aromatic N) is 3. The summed E-state index contributed by atoms with van der Waals surface area (Å²) in [6, 6.07) is 4.03. The zero-order valence-electron chi connectivity index (χ0n) is 12.3. The monoisotopic (exact) mass is 273 g/mol. The molecular weight excluding hydrogens is 250 g/mol. The third kappa shape index (κ3) is 2.50. The van der Waals surface area contributed by atoms with Crippen LogP contribution in [0.2, 0.25) is 0 Å². The summed E-state index contributed by atoms with van der Waals surface area (Å²) < 4.78 is 0. The second-order valence-corrected chi connectivity index (χ2v) is 5.98. The summed E-state index contributed by atoms with van der Waals surface area (Å²) in [4.78, 5) is 14.5. The Morgan fingerprint density at radius 3 is 2.65 bits per heavy atom. The Labute approximate surface area is 119 Å². The first kappa shape index (κ1) is 13.4. The maximum absolute atomic E-state index is 6.40. The first-order chi connectivity index (χ1) is 9.65. The molecule has 1 atom stereocenters. The van der Waals surface area contributed by atoms with Crippen LogP contribution in [0.1, 0.15) is 44.0 Å². The number of H-pyrrole nitrogens is 1. The zero-order valence-corrected chi connectivity index (χ0v) is 12.3. The van der Waals surface area contributed by atoms with Gasteiger partial charge in [0.2, 0.25) is 0 Å². The molecule has 2 aromatic heterocycles. The Bertz CT molecular complexity index is 583. The molecule has 0 saturated heterocycles. The van der Waals surface area contributed by atoms with Crippen molar-refractivity contribution < 1.29 is 0 Å². The van der Waals surface area contributed by atoms with Gasteiger partial charge in [-0.25, -0.2) is 9.97 Å². The summed E-state index contributed by atoms with van der Waals surface area (Å²) in [6.45, 7) is 0. The number of anilines is 1. The van der Waals surface area contributed by atoms with Crippen molar-refractivity contribution in [3.8, 4) is 0 Å². The molecule has 5 heteroatoms. The van der Waals surface area contributed by atoms with Crippen LogP contribution in [0.25, 0.3) is 11.2 Å². The molecule has 0 amide bonds. The number of rotatable bonds is 3. The van der Waals surface area contributed by atoms with Crippen LogP contribution in [-0.4, -0.2) is 29.0 Å². The van der Waals surface area contributed by atoms with E-state index in [1.807, 2.05) is 31.1 Å². The molecule has 3 rings (SSSR count). The molecule has 1 unspecified atom stereocenters. The minimum absolute atomic E-state index is 0.00676. The molecule has 1 aliphatic rings. The van der Waals surface area contributed by atoms with Gasteiger partial charge in [-0.3, -0.25) is 0 Å². The SMILES string of the molecule is CN(C)c1ccc2[nH]c(C(N)C3CCCCC3)nc2n1. The van der Waals surface area contributed by atoms with Crippen LogP contribution in [0.3, 0.4) is 0 Å². The number of imidazole rings is 1. The quantitative estimate of drug-likeness (QED) is 0.901. The standard InChI is InChI=1S/C15H23N5/c1-20(2)12-9-8-11-14(18-12)19-15(17-11)13(16)10-6-4-3-5-7-10/h8-10,13H,3-7,16H2,1-2H3,(H,17,18,19). The lowest BCUT2D eigenvalue weighted by Gasteiger charge is -2.25. The van der Waals surface area contributed by atoms with Gasteiger partial charge in [0.1, 0.15) is 11.6 Å². The predicted octanol–water partition coefficient (Wildman–Crippen LogP) is 2.60. The first-order valence-electron chi connectivity index (χ1n) is 7.44. The number of nitrogens with two attached hydrogens (primary N) is 1. The summed E-state index contributed by atoms with van der Waals surface area (Å²) >= 11 is 0. The molecule has 20 heavy (non-hydrogen) atoms. The normalized spacial score (nSPS) is 18.4. The molecule has 0 aliphatic heterocycles. The third-order valence-electron chi connectivity index (χ3n) is 4.28. The zero-order chi connectivity index (χ0) is 14.1. The van der Waals surface area contributed by atoms with Crippen molar-refractivity contribution in [2.45, 2.75) is 38.1 Å². The van der Waals surface area contributed by atoms with E-state index in [0.29, 0.717) is 5.92 Å². The van der Waals surface area contributed by atoms with Gasteiger partial charge in [0.15, 0.2) is 5.65 Å². The fourth-order valence-electron chi connectivity index (χ4n) is 3.02. The summed E-state index contributed by atoms with van der Waals surface area (Å²) in [5, 5.41) is 0. The number of fused-ring (bicyclic) bond motifs is 1. The van der Waals surface area contributed by atoms with Crippen molar-refractivity contribution in [1.82, 2.24) is 15.0 Å². The van der Waals surface area contributed by atoms with E-state index < -0.39 is 0 Å². The fraction of sp³-hybridized carbons (Fsp3) is 0.600. The summed E-state index contributed by atoms with van der Waals surface area (Å²) in [7, 11) is 3.96. The maximum Gasteiger partial charge on any atom is 0.179 e. The molecule has 1 fully saturated rings. The summed E-state index contributed by atoms with van der Waals surface area (Å²) in [6.07, 6.45) is 6.36. The molecule has 5 nitrogen and oxygen atoms in total. The minimum atomic E-state index is 0.00676. The molecule has 1 saturated carbocycles. The van der Waals surface area contributed by atoms with Gasteiger partial charge in [0, 0.05) is 14.1 Å². The van der Waals surface area contributed by atoms with Crippen LogP contribution in [0.4, 0.5) is 5.82 Å². The van der Waals surface area contributed by atoms with Crippen LogP contribution in [0.5, 0.6) is 0 Å². The highest BCUT2D eigenvalue weighted by molar-refractivity contribution is 5.73. The van der Waals surface area contributed by atoms with E-state index in [0.717, 1.165) is 22.8 Å². The van der Waals surface area contributed by atoms with Crippen molar-refractivity contribution in [1.29, 1.82) is 0 Å². The highest BCUT2D eigenvalue weighted by Crippen LogP contribution is 2.32. The Morgan fingerprint density at radius 2 is 1.95 bits per heavy atom. The van der Waals surface area contributed by atoms with Crippen molar-refractivity contribution in [3.63, 3.8) is 0 Å². The fourth-order valence-corrected chi connectivity index (χ4v) is 3.02. The highest BCUT2D eigenvalue weighted by Gasteiger charge is 2.24. The average Bonchev–Trinajstić information content (AvgIpc) is 2.90. The van der Waals surface area contributed by atoms with Gasteiger partial charge in [0.05, 0.1) is 11.6 Å². The predicted molar refractivity (Wildman–Crippen MR) is 81.7 cm³/mol. The Balaban J connectivity index is 1.87. The van der Waals surface area contributed by atoms with E-state index in [2.05, 4.69) is 15.0 Å². The number of nitrogens with one attached hydrogen (secondary N) is 1. The average molecular weight is 273 g/mol. The molecule has 0 spiro atoms. The van der Waals surface area contributed by atoms with Crippen molar-refractivity contribution in [3.05, 3.63) is 18.0 Å². The summed E-state index contributed by atoms with van der Waals surface area (Å²) in [5.74, 6) is 2.36. The second kappa shape index (κ2) is 5.40. The largest absolute Gasteiger partial charge is 0.363 e. The Morgan fingerprint density at radius 1 is 1.20 bits per heavy atom. The number of aromatic amines is 1. The molecule has 1 aliphatic carbocycles. The van der Waals surface area contributed by atoms with E-state index in [1.165, 1.54) is 32.1 Å². The molecule has 2 heterocycles. The molecule has 108 valence electrons. The molecule has 0 aromatic carbocycles. The number of aromatic nitrogens is 3. The van der Waals surface area contributed by atoms with Gasteiger partial charge in [-0.1, -0.05) is 19.3 Å². The Hall–Kier alpha value is -1.62. The second-order valence-electron chi connectivity index (χ2n) is 5.98. The van der Waals surface area contributed by atoms with Crippen molar-refractivity contribution in [2.24, 2.45) is 11.7 Å². The number of hydrogen-bond donors (Lipinski definition) is 2. The lowest BCUT2D eigenvalue weighted by Crippen LogP contribution is -2.24. The van der Waals surface area contributed by atoms with E-state index in [-0.39, 0.29) is 6.04 Å². The van der Waals surface area contributed by atoms with E-state index in [9.17, 15) is 0 Å². The Kier molecular flexibility index (Phi) is 3.61. The van der Waals surface area contributed by atoms with Crippen LogP contribution >= 0.6 is 0 Å². The van der Waals surface area contributed by atoms with Gasteiger partial charge >= 0.3 is 0 Å². The van der Waals surface area contributed by atoms with Crippen molar-refractivity contribution in [2.75, 3.05) is 19.0 Å². The van der Waals surface area contributed by atoms with Crippen LogP contribution < -0.4 is 10.6 Å². The number of pyridine rings is 1. The van der Waals surface area contributed by atoms with Crippen LogP contribution in [0.15, 0.2) is 12.1 Å². The van der Waals surface area contributed by atoms with E-state index in [1.54, 1.807) is 0 Å². The lowest BCUT2D eigenvalue weighted by atomic mass is 9.84. The van der Waals surface area contributed by atoms with Crippen LogP contribution in [-0.2, 0) is 0 Å². The molecular formula is C15H23N5. The minimum Gasteiger partial charge on any atom is -0.363 e. The molecule has 2 aromatic rings. The molecule has 3 N–H and O–H groups in total. The highest BCUT2D eigenvalue weighted by atomic mass is 15.2. The van der Waals surface area contributed by atoms with E-state index >= 15 is 0 Å². The van der Waals surface area contributed by atoms with Crippen molar-refractivity contribution >= 4 is 17.0 Å². The first-order valence-corrected chi connectivity index (χ1v) is 7.44. The van der Waals surface area contributed by atoms with Gasteiger partial charge in [-0.05, 0) is 30.9 Å². The van der Waals surface area contributed by atoms with Gasteiger partial charge in [0.25, 0.3) is 0 Å². The lowest BCUT2D eigenvalue weighted by molar-refractivity contribution is 0.302. The molecule has 0 radical (unpaired) electrons. The van der Waals surface area contributed by atoms with Gasteiger partial charge in [-0.15, -0.1) is 0 Å². The summed E-state index contributed by atoms with van der Waals surface area (Å²) in [5.41, 5.74) is 8.13. The third-order valence-corrected chi connectivity index (χ3v) is 4.28. The smallest absolute Gasteiger partial charge is 0.179 e.